The van der Waals surface area contributed by atoms with Crippen LogP contribution in [0.25, 0.3) is 0 Å². The normalized spacial score (nSPS) is 23.4. The molecule has 1 aromatic rings. The molecule has 1 aromatic carbocycles. The number of hydrogen-bond donors (Lipinski definition) is 1. The van der Waals surface area contributed by atoms with Gasteiger partial charge in [-0.2, -0.15) is 0 Å². The first-order valence-electron chi connectivity index (χ1n) is 6.37. The minimum absolute atomic E-state index is 0.00486. The van der Waals surface area contributed by atoms with Gasteiger partial charge in [0.1, 0.15) is 5.82 Å². The monoisotopic (exact) mass is 250 g/mol. The first kappa shape index (κ1) is 13.0. The summed E-state index contributed by atoms with van der Waals surface area (Å²) in [6.07, 6.45) is 1.25. The number of hydrogen-bond acceptors (Lipinski definition) is 2. The number of benzene rings is 1. The lowest BCUT2D eigenvalue weighted by Gasteiger charge is -2.25. The van der Waals surface area contributed by atoms with Gasteiger partial charge in [-0.15, -0.1) is 0 Å². The van der Waals surface area contributed by atoms with Crippen LogP contribution in [0.1, 0.15) is 31.4 Å². The average molecular weight is 250 g/mol. The maximum atomic E-state index is 13.3. The van der Waals surface area contributed by atoms with Crippen molar-refractivity contribution < 1.29 is 9.18 Å². The molecular formula is C14H19FN2O. The van der Waals surface area contributed by atoms with Crippen LogP contribution in [0.4, 0.5) is 4.39 Å². The van der Waals surface area contributed by atoms with Gasteiger partial charge in [-0.05, 0) is 30.0 Å². The average Bonchev–Trinajstić information content (AvgIpc) is 2.72. The van der Waals surface area contributed by atoms with Gasteiger partial charge in [-0.25, -0.2) is 4.39 Å². The summed E-state index contributed by atoms with van der Waals surface area (Å²) < 4.78 is 13.3. The SMILES string of the molecule is CC1CC(c2cccc(F)c2)N(C(=O)CCN)C1. The molecular weight excluding hydrogens is 231 g/mol. The van der Waals surface area contributed by atoms with Crippen LogP contribution in [0.3, 0.4) is 0 Å². The number of rotatable bonds is 3. The number of halogens is 1. The van der Waals surface area contributed by atoms with Gasteiger partial charge in [-0.3, -0.25) is 4.79 Å². The minimum atomic E-state index is -0.252. The van der Waals surface area contributed by atoms with Crippen LogP contribution in [0.15, 0.2) is 24.3 Å². The number of nitrogens with zero attached hydrogens (tertiary/aromatic N) is 1. The Hall–Kier alpha value is -1.42. The number of likely N-dealkylation sites (tertiary alicyclic amines) is 1. The van der Waals surface area contributed by atoms with Crippen molar-refractivity contribution in [2.24, 2.45) is 11.7 Å². The van der Waals surface area contributed by atoms with E-state index in [9.17, 15) is 9.18 Å². The van der Waals surface area contributed by atoms with Crippen molar-refractivity contribution in [2.75, 3.05) is 13.1 Å². The Labute approximate surface area is 107 Å². The van der Waals surface area contributed by atoms with E-state index >= 15 is 0 Å². The highest BCUT2D eigenvalue weighted by molar-refractivity contribution is 5.77. The quantitative estimate of drug-likeness (QED) is 0.892. The maximum absolute atomic E-state index is 13.3. The molecule has 1 amide bonds. The van der Waals surface area contributed by atoms with Crippen LogP contribution < -0.4 is 5.73 Å². The molecule has 18 heavy (non-hydrogen) atoms. The molecule has 0 aromatic heterocycles. The van der Waals surface area contributed by atoms with E-state index in [0.29, 0.717) is 18.9 Å². The van der Waals surface area contributed by atoms with Gasteiger partial charge >= 0.3 is 0 Å². The fourth-order valence-corrected chi connectivity index (χ4v) is 2.62. The van der Waals surface area contributed by atoms with Crippen LogP contribution >= 0.6 is 0 Å². The molecule has 0 saturated carbocycles. The smallest absolute Gasteiger partial charge is 0.224 e. The van der Waals surface area contributed by atoms with Gasteiger partial charge in [0.05, 0.1) is 6.04 Å². The molecule has 2 atom stereocenters. The predicted octanol–water partition coefficient (Wildman–Crippen LogP) is 2.08. The van der Waals surface area contributed by atoms with Gasteiger partial charge in [0.15, 0.2) is 0 Å². The van der Waals surface area contributed by atoms with E-state index in [4.69, 9.17) is 5.73 Å². The first-order valence-corrected chi connectivity index (χ1v) is 6.37. The highest BCUT2D eigenvalue weighted by Gasteiger charge is 2.33. The third-order valence-electron chi connectivity index (χ3n) is 3.42. The molecule has 0 bridgehead atoms. The number of nitrogens with two attached hydrogens (primary N) is 1. The Morgan fingerprint density at radius 1 is 1.56 bits per heavy atom. The van der Waals surface area contributed by atoms with Crippen molar-refractivity contribution in [2.45, 2.75) is 25.8 Å². The molecule has 98 valence electrons. The largest absolute Gasteiger partial charge is 0.335 e. The van der Waals surface area contributed by atoms with Crippen LogP contribution in [0, 0.1) is 11.7 Å². The first-order chi connectivity index (χ1) is 8.61. The molecule has 1 heterocycles. The fourth-order valence-electron chi connectivity index (χ4n) is 2.62. The second-order valence-corrected chi connectivity index (χ2v) is 5.00. The number of carbonyl (C=O) groups is 1. The molecule has 0 spiro atoms. The van der Waals surface area contributed by atoms with Crippen molar-refractivity contribution in [3.05, 3.63) is 35.6 Å². The van der Waals surface area contributed by atoms with Gasteiger partial charge in [-0.1, -0.05) is 19.1 Å². The second kappa shape index (κ2) is 5.48. The van der Waals surface area contributed by atoms with E-state index < -0.39 is 0 Å². The van der Waals surface area contributed by atoms with Crippen LogP contribution in [-0.4, -0.2) is 23.9 Å². The number of amides is 1. The third-order valence-corrected chi connectivity index (χ3v) is 3.42. The molecule has 2 N–H and O–H groups in total. The zero-order chi connectivity index (χ0) is 13.1. The van der Waals surface area contributed by atoms with Gasteiger partial charge in [0.2, 0.25) is 5.91 Å². The lowest BCUT2D eigenvalue weighted by atomic mass is 10.0. The van der Waals surface area contributed by atoms with Crippen molar-refractivity contribution in [3.63, 3.8) is 0 Å². The van der Waals surface area contributed by atoms with E-state index in [-0.39, 0.29) is 17.8 Å². The van der Waals surface area contributed by atoms with E-state index in [1.165, 1.54) is 12.1 Å². The minimum Gasteiger partial charge on any atom is -0.335 e. The molecule has 3 nitrogen and oxygen atoms in total. The van der Waals surface area contributed by atoms with Crippen molar-refractivity contribution in [3.8, 4) is 0 Å². The Morgan fingerprint density at radius 2 is 2.33 bits per heavy atom. The maximum Gasteiger partial charge on any atom is 0.224 e. The summed E-state index contributed by atoms with van der Waals surface area (Å²) in [5.74, 6) is 0.259. The van der Waals surface area contributed by atoms with Crippen LogP contribution in [-0.2, 0) is 4.79 Å². The zero-order valence-electron chi connectivity index (χ0n) is 10.6. The fraction of sp³-hybridized carbons (Fsp3) is 0.500. The van der Waals surface area contributed by atoms with E-state index in [0.717, 1.165) is 18.5 Å². The molecule has 4 heteroatoms. The summed E-state index contributed by atoms with van der Waals surface area (Å²) >= 11 is 0. The molecule has 1 aliphatic heterocycles. The predicted molar refractivity (Wildman–Crippen MR) is 68.3 cm³/mol. The highest BCUT2D eigenvalue weighted by atomic mass is 19.1. The van der Waals surface area contributed by atoms with Gasteiger partial charge < -0.3 is 10.6 Å². The van der Waals surface area contributed by atoms with E-state index in [1.54, 1.807) is 6.07 Å². The molecule has 2 rings (SSSR count). The lowest BCUT2D eigenvalue weighted by molar-refractivity contribution is -0.132. The van der Waals surface area contributed by atoms with Crippen molar-refractivity contribution in [1.82, 2.24) is 4.90 Å². The molecule has 0 radical (unpaired) electrons. The summed E-state index contributed by atoms with van der Waals surface area (Å²) in [5.41, 5.74) is 6.31. The second-order valence-electron chi connectivity index (χ2n) is 5.00. The lowest BCUT2D eigenvalue weighted by Crippen LogP contribution is -2.32. The third kappa shape index (κ3) is 2.70. The summed E-state index contributed by atoms with van der Waals surface area (Å²) in [5, 5.41) is 0. The Balaban J connectivity index is 2.21. The molecule has 0 aliphatic carbocycles. The van der Waals surface area contributed by atoms with Crippen molar-refractivity contribution >= 4 is 5.91 Å². The molecule has 2 unspecified atom stereocenters. The number of carbonyl (C=O) groups excluding carboxylic acids is 1. The van der Waals surface area contributed by atoms with Crippen molar-refractivity contribution in [1.29, 1.82) is 0 Å². The molecule has 1 saturated heterocycles. The van der Waals surface area contributed by atoms with E-state index in [1.807, 2.05) is 11.0 Å². The summed E-state index contributed by atoms with van der Waals surface area (Å²) in [7, 11) is 0. The van der Waals surface area contributed by atoms with E-state index in [2.05, 4.69) is 6.92 Å². The summed E-state index contributed by atoms with van der Waals surface area (Å²) in [6.45, 7) is 3.21. The summed E-state index contributed by atoms with van der Waals surface area (Å²) in [4.78, 5) is 13.9. The summed E-state index contributed by atoms with van der Waals surface area (Å²) in [6, 6.07) is 6.52. The Kier molecular flexibility index (Phi) is 3.97. The Bertz CT molecular complexity index is 436. The van der Waals surface area contributed by atoms with Crippen LogP contribution in [0.5, 0.6) is 0 Å². The van der Waals surface area contributed by atoms with Gasteiger partial charge in [0, 0.05) is 19.5 Å². The standard InChI is InChI=1S/C14H19FN2O/c1-10-7-13(11-3-2-4-12(15)8-11)17(9-10)14(18)5-6-16/h2-4,8,10,13H,5-7,9,16H2,1H3. The van der Waals surface area contributed by atoms with Gasteiger partial charge in [0.25, 0.3) is 0 Å². The molecule has 1 aliphatic rings. The highest BCUT2D eigenvalue weighted by Crippen LogP contribution is 2.35. The topological polar surface area (TPSA) is 46.3 Å². The molecule has 1 fully saturated rings. The zero-order valence-corrected chi connectivity index (χ0v) is 10.6. The Morgan fingerprint density at radius 3 is 3.00 bits per heavy atom. The van der Waals surface area contributed by atoms with Crippen LogP contribution in [0.2, 0.25) is 0 Å².